The number of aryl methyl sites for hydroxylation is 1. The SMILES string of the molecule is CCC(C)/C=C/C(=O)Cc1ccc2c(c1N(C)C)CCCC2Nc1cccc(NS(C)(=O)=O)c1.Nc1cc2c(cc1CC(=O)CCN1CCCCC1)CCCC2Nc1cccc(CF)c1. The summed E-state index contributed by atoms with van der Waals surface area (Å²) in [7, 11) is 0.743. The maximum absolute atomic E-state index is 13.0. The molecule has 3 unspecified atom stereocenters. The van der Waals surface area contributed by atoms with Crippen LogP contribution in [0.4, 0.5) is 32.8 Å². The van der Waals surface area contributed by atoms with Gasteiger partial charge in [0.25, 0.3) is 0 Å². The molecule has 0 bridgehead atoms. The van der Waals surface area contributed by atoms with Crippen LogP contribution in [-0.4, -0.2) is 64.9 Å². The normalized spacial score (nSPS) is 17.8. The monoisotopic (exact) mass is 907 g/mol. The number of halogens is 1. The Morgan fingerprint density at radius 1 is 0.846 bits per heavy atom. The molecule has 4 aromatic carbocycles. The molecule has 65 heavy (non-hydrogen) atoms. The minimum absolute atomic E-state index is 0.117. The molecule has 7 rings (SSSR count). The Bertz CT molecular complexity index is 2400. The molecular weight excluding hydrogens is 836 g/mol. The number of Topliss-reactive ketones (excluding diaryl/α,β-unsaturated/α-hetero) is 1. The number of nitrogen functional groups attached to an aromatic ring is 1. The molecule has 5 N–H and O–H groups in total. The van der Waals surface area contributed by atoms with E-state index in [1.807, 2.05) is 56.6 Å². The fourth-order valence-electron chi connectivity index (χ4n) is 9.46. The van der Waals surface area contributed by atoms with Gasteiger partial charge in [0.05, 0.1) is 24.0 Å². The number of nitrogens with zero attached hydrogens (tertiary/aromatic N) is 2. The first-order valence-electron chi connectivity index (χ1n) is 23.6. The zero-order chi connectivity index (χ0) is 46.5. The summed E-state index contributed by atoms with van der Waals surface area (Å²) in [5, 5.41) is 7.16. The number of ketones is 2. The van der Waals surface area contributed by atoms with Gasteiger partial charge in [-0.05, 0) is 152 Å². The van der Waals surface area contributed by atoms with Crippen LogP contribution in [0.15, 0.2) is 84.9 Å². The average molecular weight is 907 g/mol. The number of alkyl halides is 1. The number of anilines is 5. The molecule has 0 aromatic heterocycles. The Morgan fingerprint density at radius 3 is 2.22 bits per heavy atom. The van der Waals surface area contributed by atoms with Crippen molar-refractivity contribution in [3.8, 4) is 0 Å². The van der Waals surface area contributed by atoms with E-state index in [1.165, 1.54) is 41.5 Å². The van der Waals surface area contributed by atoms with Gasteiger partial charge in [-0.3, -0.25) is 14.3 Å². The van der Waals surface area contributed by atoms with Crippen LogP contribution in [0.2, 0.25) is 0 Å². The summed E-state index contributed by atoms with van der Waals surface area (Å²) in [6, 6.07) is 23.6. The molecular formula is C53H71FN6O4S. The number of nitrogens with one attached hydrogen (secondary N) is 3. The first-order valence-corrected chi connectivity index (χ1v) is 25.5. The summed E-state index contributed by atoms with van der Waals surface area (Å²) >= 11 is 0. The van der Waals surface area contributed by atoms with Crippen molar-refractivity contribution in [2.45, 2.75) is 116 Å². The van der Waals surface area contributed by atoms with E-state index in [0.717, 1.165) is 99.0 Å². The van der Waals surface area contributed by atoms with Crippen LogP contribution >= 0.6 is 0 Å². The molecule has 4 aromatic rings. The number of fused-ring (bicyclic) bond motifs is 2. The fraction of sp³-hybridized carbons (Fsp3) is 0.472. The quantitative estimate of drug-likeness (QED) is 0.0568. The Kier molecular flexibility index (Phi) is 17.7. The predicted octanol–water partition coefficient (Wildman–Crippen LogP) is 10.5. The molecule has 2 aliphatic carbocycles. The largest absolute Gasteiger partial charge is 0.398 e. The number of hydrogen-bond donors (Lipinski definition) is 4. The highest BCUT2D eigenvalue weighted by atomic mass is 32.2. The zero-order valence-electron chi connectivity index (χ0n) is 39.2. The predicted molar refractivity (Wildman–Crippen MR) is 267 cm³/mol. The molecule has 3 atom stereocenters. The third kappa shape index (κ3) is 14.4. The molecule has 3 aliphatic rings. The number of carbonyl (C=O) groups excluding carboxylic acids is 2. The lowest BCUT2D eigenvalue weighted by molar-refractivity contribution is -0.118. The molecule has 350 valence electrons. The van der Waals surface area contributed by atoms with E-state index >= 15 is 0 Å². The van der Waals surface area contributed by atoms with Gasteiger partial charge in [-0.25, -0.2) is 12.8 Å². The number of allylic oxidation sites excluding steroid dienone is 2. The topological polar surface area (TPSA) is 137 Å². The summed E-state index contributed by atoms with van der Waals surface area (Å²) in [6.07, 6.45) is 17.2. The van der Waals surface area contributed by atoms with Crippen molar-refractivity contribution in [2.24, 2.45) is 5.92 Å². The smallest absolute Gasteiger partial charge is 0.229 e. The van der Waals surface area contributed by atoms with E-state index in [2.05, 4.69) is 63.3 Å². The number of benzene rings is 4. The molecule has 1 fully saturated rings. The summed E-state index contributed by atoms with van der Waals surface area (Å²) < 4.78 is 38.7. The van der Waals surface area contributed by atoms with Gasteiger partial charge < -0.3 is 26.2 Å². The highest BCUT2D eigenvalue weighted by Gasteiger charge is 2.26. The van der Waals surface area contributed by atoms with Gasteiger partial charge >= 0.3 is 0 Å². The molecule has 0 saturated carbocycles. The van der Waals surface area contributed by atoms with Crippen molar-refractivity contribution in [2.75, 3.05) is 66.0 Å². The van der Waals surface area contributed by atoms with Crippen LogP contribution in [0.1, 0.15) is 123 Å². The molecule has 0 amide bonds. The van der Waals surface area contributed by atoms with E-state index in [9.17, 15) is 22.4 Å². The number of carbonyl (C=O) groups is 2. The van der Waals surface area contributed by atoms with Crippen molar-refractivity contribution in [3.05, 3.63) is 124 Å². The number of sulfonamides is 1. The van der Waals surface area contributed by atoms with E-state index in [0.29, 0.717) is 42.1 Å². The number of rotatable bonds is 18. The van der Waals surface area contributed by atoms with Crippen LogP contribution in [0.3, 0.4) is 0 Å². The number of likely N-dealkylation sites (tertiary alicyclic amines) is 1. The van der Waals surface area contributed by atoms with E-state index in [-0.39, 0.29) is 23.7 Å². The van der Waals surface area contributed by atoms with Crippen molar-refractivity contribution >= 4 is 50.0 Å². The highest BCUT2D eigenvalue weighted by Crippen LogP contribution is 2.40. The molecule has 1 saturated heterocycles. The third-order valence-corrected chi connectivity index (χ3v) is 13.6. The highest BCUT2D eigenvalue weighted by molar-refractivity contribution is 7.92. The minimum Gasteiger partial charge on any atom is -0.398 e. The Hall–Kier alpha value is -5.20. The van der Waals surface area contributed by atoms with Crippen LogP contribution in [0.25, 0.3) is 0 Å². The second-order valence-corrected chi connectivity index (χ2v) is 20.3. The van der Waals surface area contributed by atoms with Crippen LogP contribution in [0.5, 0.6) is 0 Å². The van der Waals surface area contributed by atoms with E-state index in [1.54, 1.807) is 18.2 Å². The third-order valence-electron chi connectivity index (χ3n) is 13.0. The van der Waals surface area contributed by atoms with Crippen molar-refractivity contribution in [1.29, 1.82) is 0 Å². The summed E-state index contributed by atoms with van der Waals surface area (Å²) in [4.78, 5) is 29.8. The lowest BCUT2D eigenvalue weighted by Gasteiger charge is -2.32. The number of piperidine rings is 1. The average Bonchev–Trinajstić information content (AvgIpc) is 3.28. The van der Waals surface area contributed by atoms with Gasteiger partial charge in [0.1, 0.15) is 12.5 Å². The van der Waals surface area contributed by atoms with Gasteiger partial charge in [0.15, 0.2) is 5.78 Å². The van der Waals surface area contributed by atoms with E-state index in [4.69, 9.17) is 5.73 Å². The number of hydrogen-bond acceptors (Lipinski definition) is 9. The van der Waals surface area contributed by atoms with E-state index < -0.39 is 16.7 Å². The lowest BCUT2D eigenvalue weighted by atomic mass is 9.84. The van der Waals surface area contributed by atoms with Crippen LogP contribution < -0.4 is 26.0 Å². The molecule has 0 radical (unpaired) electrons. The standard InChI is InChI=1S/C27H37N3O3S.C26H34FN3O/c1-6-19(2)13-15-23(31)17-20-14-16-24-25(27(20)30(3)4)11-8-12-26(24)28-21-9-7-10-22(18-21)29-34(5,32)33;27-18-19-6-4-8-22(14-19)29-26-9-5-7-20-15-21(25(28)17-24(20)26)16-23(31)10-13-30-11-2-1-3-12-30/h7,9-10,13-16,18-19,26,28-29H,6,8,11-12,17H2,1-5H3;4,6,8,14-15,17,26,29H,1-3,5,7,9-13,16,18,28H2/b15-13+;. The van der Waals surface area contributed by atoms with Gasteiger partial charge in [-0.15, -0.1) is 0 Å². The Labute approximate surface area is 387 Å². The molecule has 0 spiro atoms. The van der Waals surface area contributed by atoms with Crippen LogP contribution in [-0.2, 0) is 52.0 Å². The summed E-state index contributed by atoms with van der Waals surface area (Å²) in [6.45, 7) is 6.89. The molecule has 1 aliphatic heterocycles. The maximum Gasteiger partial charge on any atom is 0.229 e. The molecule has 12 heteroatoms. The van der Waals surface area contributed by atoms with Crippen LogP contribution in [0, 0.1) is 5.92 Å². The van der Waals surface area contributed by atoms with Gasteiger partial charge in [-0.1, -0.05) is 69.2 Å². The van der Waals surface area contributed by atoms with Crippen molar-refractivity contribution in [3.63, 3.8) is 0 Å². The first-order chi connectivity index (χ1) is 31.2. The maximum atomic E-state index is 13.0. The Morgan fingerprint density at radius 2 is 1.52 bits per heavy atom. The summed E-state index contributed by atoms with van der Waals surface area (Å²) in [5.74, 6) is 0.800. The van der Waals surface area contributed by atoms with Crippen molar-refractivity contribution < 1.29 is 22.4 Å². The summed E-state index contributed by atoms with van der Waals surface area (Å²) in [5.41, 5.74) is 18.3. The lowest BCUT2D eigenvalue weighted by Crippen LogP contribution is -2.31. The number of nitrogens with two attached hydrogens (primary N) is 1. The second-order valence-electron chi connectivity index (χ2n) is 18.5. The van der Waals surface area contributed by atoms with Gasteiger partial charge in [0.2, 0.25) is 10.0 Å². The Balaban J connectivity index is 0.000000216. The zero-order valence-corrected chi connectivity index (χ0v) is 40.0. The molecule has 1 heterocycles. The van der Waals surface area contributed by atoms with Gasteiger partial charge in [-0.2, -0.15) is 0 Å². The van der Waals surface area contributed by atoms with Crippen molar-refractivity contribution in [1.82, 2.24) is 4.90 Å². The van der Waals surface area contributed by atoms with Gasteiger partial charge in [0, 0.05) is 62.7 Å². The fourth-order valence-corrected chi connectivity index (χ4v) is 10.0. The molecule has 10 nitrogen and oxygen atoms in total. The first kappa shape index (κ1) is 49.2. The minimum atomic E-state index is -3.33. The second kappa shape index (κ2) is 23.3.